The molecule has 1 aliphatic carbocycles. The molecule has 0 bridgehead atoms. The van der Waals surface area contributed by atoms with Crippen LogP contribution in [0.25, 0.3) is 16.7 Å². The zero-order valence-electron chi connectivity index (χ0n) is 16.2. The Balaban J connectivity index is 2.08. The van der Waals surface area contributed by atoms with Gasteiger partial charge < -0.3 is 5.73 Å². The van der Waals surface area contributed by atoms with Gasteiger partial charge in [0.1, 0.15) is 0 Å². The number of nitrogens with two attached hydrogens (primary N) is 1. The van der Waals surface area contributed by atoms with Gasteiger partial charge in [-0.2, -0.15) is 12.6 Å². The van der Waals surface area contributed by atoms with E-state index in [1.165, 1.54) is 22.3 Å². The number of allylic oxidation sites excluding steroid dienone is 3. The SMILES string of the molecule is C#CC1=C(c2cc(-c3c(C)cccc3CCCCN)ccc2Cl)C=CC(S)C1. The molecule has 0 amide bonds. The molecule has 0 aliphatic heterocycles. The van der Waals surface area contributed by atoms with Crippen LogP contribution >= 0.6 is 24.2 Å². The number of rotatable bonds is 6. The van der Waals surface area contributed by atoms with E-state index in [0.29, 0.717) is 5.02 Å². The molecule has 0 heterocycles. The molecule has 144 valence electrons. The van der Waals surface area contributed by atoms with Crippen molar-refractivity contribution in [1.82, 2.24) is 0 Å². The fourth-order valence-corrected chi connectivity index (χ4v) is 4.27. The predicted octanol–water partition coefficient (Wildman–Crippen LogP) is 6.24. The highest BCUT2D eigenvalue weighted by atomic mass is 35.5. The second kappa shape index (κ2) is 9.52. The van der Waals surface area contributed by atoms with Crippen LogP contribution in [0.15, 0.2) is 54.1 Å². The van der Waals surface area contributed by atoms with Crippen LogP contribution in [0.5, 0.6) is 0 Å². The number of hydrogen-bond donors (Lipinski definition) is 2. The Morgan fingerprint density at radius 1 is 1.25 bits per heavy atom. The molecule has 1 atom stereocenters. The molecule has 3 heteroatoms. The maximum Gasteiger partial charge on any atom is 0.0485 e. The molecule has 28 heavy (non-hydrogen) atoms. The van der Waals surface area contributed by atoms with Crippen LogP contribution in [-0.4, -0.2) is 11.8 Å². The molecule has 0 saturated heterocycles. The first kappa shape index (κ1) is 20.8. The summed E-state index contributed by atoms with van der Waals surface area (Å²) in [7, 11) is 0. The summed E-state index contributed by atoms with van der Waals surface area (Å²) in [5, 5.41) is 0.870. The average Bonchev–Trinajstić information content (AvgIpc) is 2.69. The van der Waals surface area contributed by atoms with Gasteiger partial charge in [-0.3, -0.25) is 0 Å². The highest BCUT2D eigenvalue weighted by Gasteiger charge is 2.17. The minimum Gasteiger partial charge on any atom is -0.330 e. The summed E-state index contributed by atoms with van der Waals surface area (Å²) in [5.41, 5.74) is 13.7. The van der Waals surface area contributed by atoms with Gasteiger partial charge in [-0.25, -0.2) is 0 Å². The molecule has 2 aromatic rings. The van der Waals surface area contributed by atoms with Crippen molar-refractivity contribution in [1.29, 1.82) is 0 Å². The van der Waals surface area contributed by atoms with Gasteiger partial charge in [0.15, 0.2) is 0 Å². The summed E-state index contributed by atoms with van der Waals surface area (Å²) >= 11 is 11.1. The number of unbranched alkanes of at least 4 members (excludes halogenated alkanes) is 1. The lowest BCUT2D eigenvalue weighted by molar-refractivity contribution is 0.745. The van der Waals surface area contributed by atoms with Crippen LogP contribution in [-0.2, 0) is 6.42 Å². The Labute approximate surface area is 179 Å². The fourth-order valence-electron chi connectivity index (χ4n) is 3.78. The summed E-state index contributed by atoms with van der Waals surface area (Å²) in [6, 6.07) is 12.8. The molecular weight excluding hydrogens is 382 g/mol. The molecule has 0 spiro atoms. The quantitative estimate of drug-likeness (QED) is 0.330. The van der Waals surface area contributed by atoms with E-state index in [-0.39, 0.29) is 5.25 Å². The second-order valence-electron chi connectivity index (χ2n) is 7.22. The van der Waals surface area contributed by atoms with E-state index in [1.54, 1.807) is 0 Å². The van der Waals surface area contributed by atoms with Crippen molar-refractivity contribution in [2.45, 2.75) is 37.9 Å². The monoisotopic (exact) mass is 407 g/mol. The minimum absolute atomic E-state index is 0.155. The zero-order valence-corrected chi connectivity index (χ0v) is 17.9. The third kappa shape index (κ3) is 4.55. The standard InChI is InChI=1S/C25H26ClNS/c1-3-18-15-21(28)11-12-22(18)23-16-20(10-13-24(23)26)25-17(2)7-6-9-19(25)8-4-5-14-27/h1,6-7,9-13,16,21,28H,4-5,8,14-15,27H2,2H3. The molecule has 2 N–H and O–H groups in total. The molecule has 0 aromatic heterocycles. The Kier molecular flexibility index (Phi) is 7.08. The molecule has 1 aliphatic rings. The lowest BCUT2D eigenvalue weighted by Crippen LogP contribution is -2.04. The number of thiol groups is 1. The maximum atomic E-state index is 6.59. The van der Waals surface area contributed by atoms with Crippen LogP contribution < -0.4 is 5.73 Å². The van der Waals surface area contributed by atoms with E-state index in [9.17, 15) is 0 Å². The van der Waals surface area contributed by atoms with E-state index in [1.807, 2.05) is 6.07 Å². The summed E-state index contributed by atoms with van der Waals surface area (Å²) in [6.45, 7) is 2.89. The first-order valence-electron chi connectivity index (χ1n) is 9.70. The van der Waals surface area contributed by atoms with E-state index >= 15 is 0 Å². The van der Waals surface area contributed by atoms with Crippen molar-refractivity contribution in [2.24, 2.45) is 5.73 Å². The third-order valence-electron chi connectivity index (χ3n) is 5.20. The minimum atomic E-state index is 0.155. The highest BCUT2D eigenvalue weighted by molar-refractivity contribution is 7.81. The molecule has 1 nitrogen and oxygen atoms in total. The number of hydrogen-bond acceptors (Lipinski definition) is 2. The summed E-state index contributed by atoms with van der Waals surface area (Å²) in [4.78, 5) is 0. The molecule has 1 unspecified atom stereocenters. The van der Waals surface area contributed by atoms with Gasteiger partial charge in [0.05, 0.1) is 0 Å². The van der Waals surface area contributed by atoms with Crippen molar-refractivity contribution in [3.05, 3.63) is 75.8 Å². The van der Waals surface area contributed by atoms with Crippen LogP contribution in [0, 0.1) is 19.3 Å². The second-order valence-corrected chi connectivity index (χ2v) is 8.29. The lowest BCUT2D eigenvalue weighted by atomic mass is 9.88. The van der Waals surface area contributed by atoms with Crippen molar-refractivity contribution < 1.29 is 0 Å². The van der Waals surface area contributed by atoms with Gasteiger partial charge in [0.2, 0.25) is 0 Å². The zero-order chi connectivity index (χ0) is 20.1. The first-order valence-corrected chi connectivity index (χ1v) is 10.6. The topological polar surface area (TPSA) is 26.0 Å². The van der Waals surface area contributed by atoms with Gasteiger partial charge >= 0.3 is 0 Å². The Bertz CT molecular complexity index is 965. The van der Waals surface area contributed by atoms with E-state index in [2.05, 4.69) is 68.0 Å². The molecule has 0 radical (unpaired) electrons. The first-order chi connectivity index (χ1) is 13.5. The Morgan fingerprint density at radius 3 is 2.82 bits per heavy atom. The predicted molar refractivity (Wildman–Crippen MR) is 126 cm³/mol. The Morgan fingerprint density at radius 2 is 2.07 bits per heavy atom. The van der Waals surface area contributed by atoms with Gasteiger partial charge in [-0.15, -0.1) is 6.42 Å². The summed E-state index contributed by atoms with van der Waals surface area (Å²) in [6.07, 6.45) is 13.8. The number of benzene rings is 2. The maximum absolute atomic E-state index is 6.59. The van der Waals surface area contributed by atoms with Gasteiger partial charge in [-0.05, 0) is 79.1 Å². The van der Waals surface area contributed by atoms with Gasteiger partial charge in [0.25, 0.3) is 0 Å². The molecule has 0 fully saturated rings. The van der Waals surface area contributed by atoms with E-state index in [4.69, 9.17) is 23.8 Å². The normalized spacial score (nSPS) is 16.3. The Hall–Kier alpha value is -1.92. The largest absolute Gasteiger partial charge is 0.330 e. The highest BCUT2D eigenvalue weighted by Crippen LogP contribution is 2.37. The van der Waals surface area contributed by atoms with E-state index < -0.39 is 0 Å². The smallest absolute Gasteiger partial charge is 0.0485 e. The third-order valence-corrected chi connectivity index (χ3v) is 5.89. The number of aryl methyl sites for hydroxylation is 2. The molecule has 2 aromatic carbocycles. The lowest BCUT2D eigenvalue weighted by Gasteiger charge is -2.19. The van der Waals surface area contributed by atoms with Gasteiger partial charge in [-0.1, -0.05) is 53.9 Å². The van der Waals surface area contributed by atoms with Crippen molar-refractivity contribution >= 4 is 29.8 Å². The number of halogens is 1. The van der Waals surface area contributed by atoms with Crippen LogP contribution in [0.3, 0.4) is 0 Å². The van der Waals surface area contributed by atoms with Crippen molar-refractivity contribution in [3.63, 3.8) is 0 Å². The number of terminal acetylenes is 1. The summed E-state index contributed by atoms with van der Waals surface area (Å²) in [5.74, 6) is 2.84. The fraction of sp³-hybridized carbons (Fsp3) is 0.280. The summed E-state index contributed by atoms with van der Waals surface area (Å²) < 4.78 is 0. The van der Waals surface area contributed by atoms with Crippen LogP contribution in [0.1, 0.15) is 36.0 Å². The van der Waals surface area contributed by atoms with Crippen molar-refractivity contribution in [3.8, 4) is 23.5 Å². The molecular formula is C25H26ClNS. The van der Waals surface area contributed by atoms with E-state index in [0.717, 1.165) is 48.9 Å². The molecule has 3 rings (SSSR count). The average molecular weight is 408 g/mol. The van der Waals surface area contributed by atoms with Gasteiger partial charge in [0, 0.05) is 21.4 Å². The van der Waals surface area contributed by atoms with Crippen LogP contribution in [0.2, 0.25) is 5.02 Å². The molecule has 0 saturated carbocycles. The van der Waals surface area contributed by atoms with Crippen molar-refractivity contribution in [2.75, 3.05) is 6.54 Å². The van der Waals surface area contributed by atoms with Crippen LogP contribution in [0.4, 0.5) is 0 Å².